The average Bonchev–Trinajstić information content (AvgIpc) is 3.25. The molecule has 11 heteroatoms. The highest BCUT2D eigenvalue weighted by Crippen LogP contribution is 2.34. The highest BCUT2D eigenvalue weighted by Gasteiger charge is 2.31. The number of aromatic nitrogens is 2. The number of hydrogen-bond acceptors (Lipinski definition) is 6. The van der Waals surface area contributed by atoms with Crippen LogP contribution in [0.4, 0.5) is 18.9 Å². The molecule has 0 atom stereocenters. The molecule has 170 valence electrons. The van der Waals surface area contributed by atoms with E-state index in [2.05, 4.69) is 15.5 Å². The van der Waals surface area contributed by atoms with Gasteiger partial charge in [0.2, 0.25) is 5.91 Å². The minimum Gasteiger partial charge on any atom is -0.484 e. The normalized spacial score (nSPS) is 11.5. The molecular formula is C22H15ClF3N3O3S. The molecule has 1 N–H and O–H groups in total. The van der Waals surface area contributed by atoms with Crippen molar-refractivity contribution in [3.63, 3.8) is 0 Å². The molecular weight excluding hydrogens is 479 g/mol. The molecule has 1 heterocycles. The summed E-state index contributed by atoms with van der Waals surface area (Å²) in [6.45, 7) is 0.0396. The van der Waals surface area contributed by atoms with Gasteiger partial charge in [-0.25, -0.2) is 0 Å². The summed E-state index contributed by atoms with van der Waals surface area (Å²) in [5.41, 5.74) is -1.05. The number of nitrogens with zero attached hydrogens (tertiary/aromatic N) is 2. The molecule has 1 aromatic heterocycles. The molecule has 4 aromatic rings. The van der Waals surface area contributed by atoms with Crippen LogP contribution in [0, 0.1) is 0 Å². The van der Waals surface area contributed by atoms with Crippen molar-refractivity contribution >= 4 is 45.7 Å². The number of nitrogens with one attached hydrogen (secondary N) is 1. The largest absolute Gasteiger partial charge is 0.484 e. The lowest BCUT2D eigenvalue weighted by Crippen LogP contribution is -2.15. The quantitative estimate of drug-likeness (QED) is 0.309. The smallest absolute Gasteiger partial charge is 0.416 e. The zero-order valence-corrected chi connectivity index (χ0v) is 18.3. The Morgan fingerprint density at radius 3 is 2.64 bits per heavy atom. The number of fused-ring (bicyclic) bond motifs is 1. The van der Waals surface area contributed by atoms with Gasteiger partial charge >= 0.3 is 6.18 Å². The molecule has 0 saturated carbocycles. The number of carbonyl (C=O) groups is 1. The molecule has 0 spiro atoms. The molecule has 0 aliphatic heterocycles. The van der Waals surface area contributed by atoms with Gasteiger partial charge in [-0.2, -0.15) is 13.2 Å². The monoisotopic (exact) mass is 493 g/mol. The number of hydrogen-bond donors (Lipinski definition) is 1. The summed E-state index contributed by atoms with van der Waals surface area (Å²) in [5.74, 6) is 0.110. The minimum absolute atomic E-state index is 0.00716. The van der Waals surface area contributed by atoms with Crippen LogP contribution in [0.5, 0.6) is 5.75 Å². The number of alkyl halides is 3. The lowest BCUT2D eigenvalue weighted by atomic mass is 10.1. The topological polar surface area (TPSA) is 77.2 Å². The van der Waals surface area contributed by atoms with Crippen LogP contribution < -0.4 is 10.1 Å². The van der Waals surface area contributed by atoms with Crippen molar-refractivity contribution in [1.29, 1.82) is 0 Å². The first kappa shape index (κ1) is 22.9. The molecule has 3 aromatic carbocycles. The lowest BCUT2D eigenvalue weighted by molar-refractivity contribution is -0.137. The number of ether oxygens (including phenoxy) is 1. The Balaban J connectivity index is 1.30. The van der Waals surface area contributed by atoms with Gasteiger partial charge in [-0.15, -0.1) is 10.2 Å². The first-order valence-electron chi connectivity index (χ1n) is 9.51. The van der Waals surface area contributed by atoms with Crippen molar-refractivity contribution in [3.8, 4) is 5.75 Å². The van der Waals surface area contributed by atoms with Crippen LogP contribution in [0.3, 0.4) is 0 Å². The van der Waals surface area contributed by atoms with Gasteiger partial charge in [0.05, 0.1) is 22.0 Å². The maximum atomic E-state index is 12.9. The summed E-state index contributed by atoms with van der Waals surface area (Å²) in [6, 6.07) is 16.2. The van der Waals surface area contributed by atoms with Crippen LogP contribution in [-0.2, 0) is 17.6 Å². The average molecular weight is 494 g/mol. The van der Waals surface area contributed by atoms with Gasteiger partial charge in [-0.1, -0.05) is 53.7 Å². The molecule has 0 radical (unpaired) electrons. The van der Waals surface area contributed by atoms with Gasteiger partial charge in [-0.3, -0.25) is 4.79 Å². The van der Waals surface area contributed by atoms with E-state index in [0.717, 1.165) is 40.7 Å². The second-order valence-corrected chi connectivity index (χ2v) is 8.12. The summed E-state index contributed by atoms with van der Waals surface area (Å²) in [4.78, 5) is 12.1. The summed E-state index contributed by atoms with van der Waals surface area (Å²) >= 11 is 6.82. The Morgan fingerprint density at radius 2 is 1.85 bits per heavy atom. The van der Waals surface area contributed by atoms with Crippen molar-refractivity contribution in [2.24, 2.45) is 0 Å². The van der Waals surface area contributed by atoms with E-state index in [1.54, 1.807) is 0 Å². The SMILES string of the molecule is O=C(CSc1nnc(COc2ccc3ccccc3c2)o1)Nc1cc(C(F)(F)F)ccc1Cl. The maximum absolute atomic E-state index is 12.9. The van der Waals surface area contributed by atoms with Crippen molar-refractivity contribution < 1.29 is 27.1 Å². The van der Waals surface area contributed by atoms with E-state index in [9.17, 15) is 18.0 Å². The molecule has 33 heavy (non-hydrogen) atoms. The zero-order chi connectivity index (χ0) is 23.4. The fourth-order valence-corrected chi connectivity index (χ4v) is 3.61. The van der Waals surface area contributed by atoms with Gasteiger partial charge in [0, 0.05) is 0 Å². The van der Waals surface area contributed by atoms with Gasteiger partial charge in [0.1, 0.15) is 5.75 Å². The second-order valence-electron chi connectivity index (χ2n) is 6.79. The highest BCUT2D eigenvalue weighted by atomic mass is 35.5. The van der Waals surface area contributed by atoms with Gasteiger partial charge < -0.3 is 14.5 Å². The second kappa shape index (κ2) is 9.72. The Bertz CT molecular complexity index is 1300. The van der Waals surface area contributed by atoms with Crippen molar-refractivity contribution in [3.05, 3.63) is 77.1 Å². The fourth-order valence-electron chi connectivity index (χ4n) is 2.87. The van der Waals surface area contributed by atoms with Crippen LogP contribution in [0.2, 0.25) is 5.02 Å². The number of thioether (sulfide) groups is 1. The number of rotatable bonds is 7. The van der Waals surface area contributed by atoms with Crippen molar-refractivity contribution in [1.82, 2.24) is 10.2 Å². The van der Waals surface area contributed by atoms with E-state index < -0.39 is 17.6 Å². The van der Waals surface area contributed by atoms with E-state index in [-0.39, 0.29) is 34.2 Å². The van der Waals surface area contributed by atoms with Gasteiger partial charge in [-0.05, 0) is 41.1 Å². The third kappa shape index (κ3) is 5.96. The zero-order valence-electron chi connectivity index (χ0n) is 16.7. The van der Waals surface area contributed by atoms with Gasteiger partial charge in [0.25, 0.3) is 11.1 Å². The molecule has 6 nitrogen and oxygen atoms in total. The summed E-state index contributed by atoms with van der Waals surface area (Å²) < 4.78 is 49.7. The third-order valence-electron chi connectivity index (χ3n) is 4.43. The van der Waals surface area contributed by atoms with Crippen molar-refractivity contribution in [2.45, 2.75) is 18.0 Å². The number of amides is 1. The molecule has 0 bridgehead atoms. The lowest BCUT2D eigenvalue weighted by Gasteiger charge is -2.11. The minimum atomic E-state index is -4.55. The first-order chi connectivity index (χ1) is 15.8. The van der Waals surface area contributed by atoms with E-state index in [1.165, 1.54) is 0 Å². The summed E-state index contributed by atoms with van der Waals surface area (Å²) in [7, 11) is 0. The van der Waals surface area contributed by atoms with E-state index in [1.807, 2.05) is 42.5 Å². The predicted molar refractivity (Wildman–Crippen MR) is 118 cm³/mol. The van der Waals surface area contributed by atoms with Crippen LogP contribution in [0.15, 0.2) is 70.3 Å². The summed E-state index contributed by atoms with van der Waals surface area (Å²) in [5, 5.41) is 12.3. The Hall–Kier alpha value is -3.24. The number of halogens is 4. The van der Waals surface area contributed by atoms with Crippen molar-refractivity contribution in [2.75, 3.05) is 11.1 Å². The molecule has 0 fully saturated rings. The molecule has 0 aliphatic carbocycles. The molecule has 0 saturated heterocycles. The highest BCUT2D eigenvalue weighted by molar-refractivity contribution is 7.99. The Morgan fingerprint density at radius 1 is 1.06 bits per heavy atom. The number of benzene rings is 3. The van der Waals surface area contributed by atoms with Crippen LogP contribution in [0.1, 0.15) is 11.5 Å². The van der Waals surface area contributed by atoms with Crippen LogP contribution in [-0.4, -0.2) is 21.9 Å². The maximum Gasteiger partial charge on any atom is 0.416 e. The molecule has 1 amide bonds. The van der Waals surface area contributed by atoms with E-state index in [4.69, 9.17) is 20.8 Å². The van der Waals surface area contributed by atoms with Gasteiger partial charge in [0.15, 0.2) is 6.61 Å². The predicted octanol–water partition coefficient (Wildman–Crippen LogP) is 6.20. The van der Waals surface area contributed by atoms with E-state index >= 15 is 0 Å². The summed E-state index contributed by atoms with van der Waals surface area (Å²) in [6.07, 6.45) is -4.55. The fraction of sp³-hybridized carbons (Fsp3) is 0.136. The standard InChI is InChI=1S/C22H15ClF3N3O3S/c23-17-8-6-15(22(24,25)26)10-18(17)27-19(30)12-33-21-29-28-20(32-21)11-31-16-7-5-13-3-1-2-4-14(13)9-16/h1-10H,11-12H2,(H,27,30). The molecule has 0 unspecified atom stereocenters. The molecule has 0 aliphatic rings. The third-order valence-corrected chi connectivity index (χ3v) is 5.57. The number of anilines is 1. The van der Waals surface area contributed by atoms with Crippen LogP contribution in [0.25, 0.3) is 10.8 Å². The Kier molecular flexibility index (Phi) is 6.75. The van der Waals surface area contributed by atoms with Crippen LogP contribution >= 0.6 is 23.4 Å². The van der Waals surface area contributed by atoms with E-state index in [0.29, 0.717) is 5.75 Å². The Labute approximate surface area is 195 Å². The first-order valence-corrected chi connectivity index (χ1v) is 10.9. The molecule has 4 rings (SSSR count). The number of carbonyl (C=O) groups excluding carboxylic acids is 1.